The fraction of sp³-hybridized carbons (Fsp3) is 0.607. The minimum atomic E-state index is -1.22. The van der Waals surface area contributed by atoms with E-state index in [1.807, 2.05) is 24.3 Å². The smallest absolute Gasteiger partial charge is 0.408 e. The Hall–Kier alpha value is -2.85. The molecule has 0 bridgehead atoms. The maximum Gasteiger partial charge on any atom is 0.408 e. The molecule has 12 heteroatoms. The lowest BCUT2D eigenvalue weighted by atomic mass is 9.94. The van der Waals surface area contributed by atoms with Gasteiger partial charge in [0.25, 0.3) is 5.91 Å². The third-order valence-electron chi connectivity index (χ3n) is 7.83. The third-order valence-corrected chi connectivity index (χ3v) is 8.89. The van der Waals surface area contributed by atoms with Gasteiger partial charge < -0.3 is 26.0 Å². The number of ether oxygens (including phenoxy) is 1. The first kappa shape index (κ1) is 30.1. The molecule has 1 aliphatic heterocycles. The number of benzene rings is 1. The molecule has 5 atom stereocenters. The van der Waals surface area contributed by atoms with Crippen LogP contribution in [0.1, 0.15) is 51.7 Å². The Morgan fingerprint density at radius 1 is 1.10 bits per heavy atom. The summed E-state index contributed by atoms with van der Waals surface area (Å²) in [5, 5.41) is 5.37. The second-order valence-electron chi connectivity index (χ2n) is 11.9. The highest BCUT2D eigenvalue weighted by molar-refractivity contribution is 6.51. The van der Waals surface area contributed by atoms with E-state index in [2.05, 4.69) is 10.6 Å². The van der Waals surface area contributed by atoms with Gasteiger partial charge in [-0.2, -0.15) is 0 Å². The molecule has 1 saturated heterocycles. The van der Waals surface area contributed by atoms with Crippen molar-refractivity contribution < 1.29 is 28.7 Å². The van der Waals surface area contributed by atoms with Gasteiger partial charge in [-0.1, -0.05) is 37.6 Å². The Bertz CT molecular complexity index is 1190. The van der Waals surface area contributed by atoms with Gasteiger partial charge in [-0.25, -0.2) is 4.79 Å². The second-order valence-corrected chi connectivity index (χ2v) is 13.3. The van der Waals surface area contributed by atoms with Crippen LogP contribution in [0.25, 0.3) is 0 Å². The van der Waals surface area contributed by atoms with Crippen molar-refractivity contribution in [1.82, 2.24) is 15.5 Å². The van der Waals surface area contributed by atoms with Crippen LogP contribution in [-0.2, 0) is 36.8 Å². The van der Waals surface area contributed by atoms with E-state index in [1.54, 1.807) is 27.7 Å². The molecule has 1 aromatic carbocycles. The molecule has 2 fully saturated rings. The minimum absolute atomic E-state index is 0.100. The van der Waals surface area contributed by atoms with Gasteiger partial charge in [0.15, 0.2) is 0 Å². The van der Waals surface area contributed by atoms with E-state index < -0.39 is 63.6 Å². The summed E-state index contributed by atoms with van der Waals surface area (Å²) in [5.41, 5.74) is 6.57. The van der Waals surface area contributed by atoms with E-state index in [9.17, 15) is 24.0 Å². The molecule has 1 aromatic rings. The number of ketones is 1. The van der Waals surface area contributed by atoms with E-state index in [4.69, 9.17) is 33.7 Å². The van der Waals surface area contributed by atoms with E-state index in [0.717, 1.165) is 11.1 Å². The normalized spacial score (nSPS) is 24.4. The van der Waals surface area contributed by atoms with Gasteiger partial charge in [0, 0.05) is 18.4 Å². The lowest BCUT2D eigenvalue weighted by Crippen LogP contribution is -2.59. The predicted octanol–water partition coefficient (Wildman–Crippen LogP) is 2.26. The number of alkyl halides is 2. The number of rotatable bonds is 9. The molecular formula is C28H36Cl2N4O6. The standard InChI is InChI=1S/C28H36Cl2N4O6/c1-5-8-18(22(35)23(31)36)32-24(37)21-19-17(28(19,29)30)13-34(21)25(38)20(33-26(39)40-27(2,3)4)16-11-14-9-6-7-10-15(14)12-16/h6-7,9-10,16-21H,5,8,11-13H2,1-4H3,(H2,31,36)(H,32,37)(H,33,39)/t17-,18?,19-,20-,21-/m0/s1. The van der Waals surface area contributed by atoms with E-state index >= 15 is 0 Å². The van der Waals surface area contributed by atoms with Gasteiger partial charge in [0.2, 0.25) is 17.6 Å². The first-order valence-corrected chi connectivity index (χ1v) is 14.3. The van der Waals surface area contributed by atoms with Gasteiger partial charge in [0.05, 0.1) is 6.04 Å². The molecule has 0 aromatic heterocycles. The highest BCUT2D eigenvalue weighted by atomic mass is 35.5. The summed E-state index contributed by atoms with van der Waals surface area (Å²) in [6, 6.07) is 4.61. The van der Waals surface area contributed by atoms with Gasteiger partial charge in [0.1, 0.15) is 22.0 Å². The zero-order valence-corrected chi connectivity index (χ0v) is 24.6. The first-order valence-electron chi connectivity index (χ1n) is 13.5. The first-order chi connectivity index (χ1) is 18.7. The molecule has 4 N–H and O–H groups in total. The highest BCUT2D eigenvalue weighted by Crippen LogP contribution is 2.65. The summed E-state index contributed by atoms with van der Waals surface area (Å²) >= 11 is 12.9. The van der Waals surface area contributed by atoms with Gasteiger partial charge >= 0.3 is 6.09 Å². The number of nitrogens with zero attached hydrogens (tertiary/aromatic N) is 1. The number of fused-ring (bicyclic) bond motifs is 2. The molecule has 10 nitrogen and oxygen atoms in total. The van der Waals surface area contributed by atoms with Crippen molar-refractivity contribution in [1.29, 1.82) is 0 Å². The lowest BCUT2D eigenvalue weighted by Gasteiger charge is -2.35. The molecule has 2 aliphatic carbocycles. The largest absolute Gasteiger partial charge is 0.444 e. The fourth-order valence-corrected chi connectivity index (χ4v) is 6.77. The summed E-state index contributed by atoms with van der Waals surface area (Å²) in [6.45, 7) is 7.07. The second kappa shape index (κ2) is 11.2. The van der Waals surface area contributed by atoms with Crippen molar-refractivity contribution in [2.24, 2.45) is 23.5 Å². The number of hydrogen-bond acceptors (Lipinski definition) is 6. The number of Topliss-reactive ketones (excluding diaryl/α,β-unsaturated/α-hetero) is 1. The number of nitrogens with two attached hydrogens (primary N) is 1. The van der Waals surface area contributed by atoms with Crippen molar-refractivity contribution >= 4 is 52.8 Å². The molecule has 40 heavy (non-hydrogen) atoms. The van der Waals surface area contributed by atoms with Crippen molar-refractivity contribution in [2.75, 3.05) is 6.54 Å². The van der Waals surface area contributed by atoms with Crippen molar-refractivity contribution in [3.63, 3.8) is 0 Å². The molecule has 1 saturated carbocycles. The SMILES string of the molecule is CCCC(NC(=O)[C@@H]1[C@@H]2[C@H](CN1C(=O)[C@@H](NC(=O)OC(C)(C)C)C1Cc3ccccc3C1)C2(Cl)Cl)C(=O)C(N)=O. The summed E-state index contributed by atoms with van der Waals surface area (Å²) in [7, 11) is 0. The van der Waals surface area contributed by atoms with Crippen LogP contribution in [0.3, 0.4) is 0 Å². The topological polar surface area (TPSA) is 148 Å². The average molecular weight is 596 g/mol. The summed E-state index contributed by atoms with van der Waals surface area (Å²) in [6.07, 6.45) is 1.06. The predicted molar refractivity (Wildman–Crippen MR) is 148 cm³/mol. The number of amides is 4. The van der Waals surface area contributed by atoms with Crippen molar-refractivity contribution in [3.05, 3.63) is 35.4 Å². The van der Waals surface area contributed by atoms with Crippen LogP contribution in [0.5, 0.6) is 0 Å². The number of primary amides is 1. The lowest BCUT2D eigenvalue weighted by molar-refractivity contribution is -0.143. The summed E-state index contributed by atoms with van der Waals surface area (Å²) < 4.78 is 4.24. The van der Waals surface area contributed by atoms with E-state index in [0.29, 0.717) is 19.3 Å². The maximum atomic E-state index is 14.2. The highest BCUT2D eigenvalue weighted by Gasteiger charge is 2.74. The molecule has 0 spiro atoms. The van der Waals surface area contributed by atoms with Crippen LogP contribution < -0.4 is 16.4 Å². The number of hydrogen-bond donors (Lipinski definition) is 3. The Morgan fingerprint density at radius 3 is 2.23 bits per heavy atom. The van der Waals surface area contributed by atoms with Gasteiger partial charge in [-0.15, -0.1) is 23.2 Å². The van der Waals surface area contributed by atoms with E-state index in [1.165, 1.54) is 4.90 Å². The number of alkyl carbamates (subject to hydrolysis) is 1. The number of nitrogens with one attached hydrogen (secondary N) is 2. The minimum Gasteiger partial charge on any atom is -0.444 e. The van der Waals surface area contributed by atoms with Gasteiger partial charge in [-0.05, 0) is 57.1 Å². The number of likely N-dealkylation sites (tertiary alicyclic amines) is 1. The van der Waals surface area contributed by atoms with Gasteiger partial charge in [-0.3, -0.25) is 19.2 Å². The molecule has 218 valence electrons. The average Bonchev–Trinajstić information content (AvgIpc) is 3.24. The van der Waals surface area contributed by atoms with Crippen LogP contribution in [0.2, 0.25) is 0 Å². The number of carbonyl (C=O) groups excluding carboxylic acids is 5. The monoisotopic (exact) mass is 594 g/mol. The quantitative estimate of drug-likeness (QED) is 0.295. The Balaban J connectivity index is 1.60. The number of carbonyl (C=O) groups is 5. The molecule has 3 aliphatic rings. The Morgan fingerprint density at radius 2 is 1.70 bits per heavy atom. The van der Waals surface area contributed by atoms with Crippen molar-refractivity contribution in [2.45, 2.75) is 81.4 Å². The van der Waals surface area contributed by atoms with Crippen molar-refractivity contribution in [3.8, 4) is 0 Å². The van der Waals surface area contributed by atoms with Crippen LogP contribution in [-0.4, -0.2) is 69.1 Å². The fourth-order valence-electron chi connectivity index (χ4n) is 5.94. The van der Waals surface area contributed by atoms with Crippen LogP contribution >= 0.6 is 23.2 Å². The zero-order valence-electron chi connectivity index (χ0n) is 23.0. The third kappa shape index (κ3) is 6.07. The zero-order chi connectivity index (χ0) is 29.6. The molecule has 1 heterocycles. The Kier molecular flexibility index (Phi) is 8.43. The molecule has 0 radical (unpaired) electrons. The number of piperidine rings is 1. The summed E-state index contributed by atoms with van der Waals surface area (Å²) in [4.78, 5) is 65.9. The maximum absolute atomic E-state index is 14.2. The van der Waals surface area contributed by atoms with E-state index in [-0.39, 0.29) is 24.8 Å². The molecule has 4 rings (SSSR count). The Labute approximate surface area is 243 Å². The van der Waals surface area contributed by atoms with Crippen LogP contribution in [0, 0.1) is 17.8 Å². The molecule has 4 amide bonds. The van der Waals surface area contributed by atoms with Crippen LogP contribution in [0.15, 0.2) is 24.3 Å². The molecular weight excluding hydrogens is 559 g/mol. The number of halogens is 2. The van der Waals surface area contributed by atoms with Crippen LogP contribution in [0.4, 0.5) is 4.79 Å². The summed E-state index contributed by atoms with van der Waals surface area (Å²) in [5.74, 6) is -4.41. The molecule has 1 unspecified atom stereocenters.